The van der Waals surface area contributed by atoms with Crippen LogP contribution >= 0.6 is 0 Å². The predicted molar refractivity (Wildman–Crippen MR) is 105 cm³/mol. The number of anilines is 1. The number of likely N-dealkylation sites (tertiary alicyclic amines) is 1. The van der Waals surface area contributed by atoms with Crippen LogP contribution in [0.15, 0.2) is 42.6 Å². The first-order valence-corrected chi connectivity index (χ1v) is 9.80. The second-order valence-electron chi connectivity index (χ2n) is 7.48. The standard InChI is InChI=1S/C21H27N5O/c1-22-20(27)18-15-25(13-16-7-3-2-4-8-16)14-17(18)19-9-10-23-21(24-19)26-11-5-6-12-26/h2-4,7-10,17-18H,5-6,11-15H2,1H3,(H,22,27)/t17-,18-/m1/s1. The van der Waals surface area contributed by atoms with E-state index in [1.165, 1.54) is 18.4 Å². The minimum atomic E-state index is -0.0833. The van der Waals surface area contributed by atoms with E-state index in [2.05, 4.69) is 44.4 Å². The summed E-state index contributed by atoms with van der Waals surface area (Å²) in [5, 5.41) is 2.84. The smallest absolute Gasteiger partial charge is 0.225 e. The van der Waals surface area contributed by atoms with E-state index in [4.69, 9.17) is 4.98 Å². The zero-order chi connectivity index (χ0) is 18.6. The summed E-state index contributed by atoms with van der Waals surface area (Å²) in [7, 11) is 1.72. The van der Waals surface area contributed by atoms with Gasteiger partial charge in [0.25, 0.3) is 0 Å². The van der Waals surface area contributed by atoms with Gasteiger partial charge in [-0.2, -0.15) is 0 Å². The van der Waals surface area contributed by atoms with Crippen LogP contribution in [-0.4, -0.2) is 54.0 Å². The van der Waals surface area contributed by atoms with Crippen molar-refractivity contribution in [3.05, 3.63) is 53.9 Å². The minimum absolute atomic E-state index is 0.0833. The van der Waals surface area contributed by atoms with Crippen LogP contribution in [0.4, 0.5) is 5.95 Å². The number of hydrogen-bond donors (Lipinski definition) is 1. The number of amides is 1. The minimum Gasteiger partial charge on any atom is -0.359 e. The second kappa shape index (κ2) is 8.05. The van der Waals surface area contributed by atoms with Crippen molar-refractivity contribution in [2.45, 2.75) is 25.3 Å². The van der Waals surface area contributed by atoms with Crippen LogP contribution in [0.1, 0.15) is 30.0 Å². The van der Waals surface area contributed by atoms with Crippen molar-refractivity contribution in [3.8, 4) is 0 Å². The van der Waals surface area contributed by atoms with Crippen molar-refractivity contribution in [2.75, 3.05) is 38.1 Å². The average molecular weight is 365 g/mol. The SMILES string of the molecule is CNC(=O)[C@@H]1CN(Cc2ccccc2)C[C@H]1c1ccnc(N2CCCC2)n1. The van der Waals surface area contributed by atoms with Gasteiger partial charge in [-0.15, -0.1) is 0 Å². The maximum Gasteiger partial charge on any atom is 0.225 e. The van der Waals surface area contributed by atoms with Gasteiger partial charge in [-0.25, -0.2) is 9.97 Å². The van der Waals surface area contributed by atoms with Gasteiger partial charge in [-0.05, 0) is 24.5 Å². The molecule has 2 aromatic rings. The molecule has 1 amide bonds. The van der Waals surface area contributed by atoms with E-state index in [-0.39, 0.29) is 17.7 Å². The molecule has 1 aromatic carbocycles. The lowest BCUT2D eigenvalue weighted by atomic mass is 9.92. The molecule has 0 saturated carbocycles. The monoisotopic (exact) mass is 365 g/mol. The largest absolute Gasteiger partial charge is 0.359 e. The first-order valence-electron chi connectivity index (χ1n) is 9.80. The zero-order valence-electron chi connectivity index (χ0n) is 15.8. The molecular formula is C21H27N5O. The molecule has 2 fully saturated rings. The normalized spacial score (nSPS) is 22.9. The third-order valence-corrected chi connectivity index (χ3v) is 5.66. The number of rotatable bonds is 5. The molecule has 27 heavy (non-hydrogen) atoms. The Kier molecular flexibility index (Phi) is 5.34. The number of benzene rings is 1. The summed E-state index contributed by atoms with van der Waals surface area (Å²) in [6.45, 7) is 4.49. The van der Waals surface area contributed by atoms with Crippen LogP contribution in [-0.2, 0) is 11.3 Å². The highest BCUT2D eigenvalue weighted by atomic mass is 16.1. The molecular weight excluding hydrogens is 338 g/mol. The Bertz CT molecular complexity index is 775. The highest BCUT2D eigenvalue weighted by Gasteiger charge is 2.39. The van der Waals surface area contributed by atoms with Crippen molar-refractivity contribution in [2.24, 2.45) is 5.92 Å². The topological polar surface area (TPSA) is 61.4 Å². The summed E-state index contributed by atoms with van der Waals surface area (Å²) in [5.41, 5.74) is 2.25. The fraction of sp³-hybridized carbons (Fsp3) is 0.476. The number of carbonyl (C=O) groups excluding carboxylic acids is 1. The van der Waals surface area contributed by atoms with Crippen molar-refractivity contribution >= 4 is 11.9 Å². The van der Waals surface area contributed by atoms with Crippen molar-refractivity contribution < 1.29 is 4.79 Å². The van der Waals surface area contributed by atoms with Gasteiger partial charge in [0.2, 0.25) is 11.9 Å². The second-order valence-corrected chi connectivity index (χ2v) is 7.48. The van der Waals surface area contributed by atoms with Gasteiger partial charge < -0.3 is 10.2 Å². The molecule has 142 valence electrons. The number of nitrogens with one attached hydrogen (secondary N) is 1. The Labute approximate surface area is 160 Å². The van der Waals surface area contributed by atoms with E-state index in [1.807, 2.05) is 18.3 Å². The van der Waals surface area contributed by atoms with Gasteiger partial charge in [0.1, 0.15) is 0 Å². The van der Waals surface area contributed by atoms with Gasteiger partial charge in [0.15, 0.2) is 0 Å². The van der Waals surface area contributed by atoms with Gasteiger partial charge in [0.05, 0.1) is 11.6 Å². The molecule has 1 aromatic heterocycles. The summed E-state index contributed by atoms with van der Waals surface area (Å²) in [5.74, 6) is 0.914. The Hall–Kier alpha value is -2.47. The zero-order valence-corrected chi connectivity index (χ0v) is 15.8. The van der Waals surface area contributed by atoms with Gasteiger partial charge in [0, 0.05) is 51.9 Å². The molecule has 2 atom stereocenters. The fourth-order valence-corrected chi connectivity index (χ4v) is 4.24. The summed E-state index contributed by atoms with van der Waals surface area (Å²) in [6, 6.07) is 12.4. The van der Waals surface area contributed by atoms with Crippen LogP contribution in [0.25, 0.3) is 0 Å². The molecule has 6 heteroatoms. The summed E-state index contributed by atoms with van der Waals surface area (Å²) < 4.78 is 0. The van der Waals surface area contributed by atoms with Gasteiger partial charge in [-0.3, -0.25) is 9.69 Å². The van der Waals surface area contributed by atoms with Crippen LogP contribution in [0.5, 0.6) is 0 Å². The van der Waals surface area contributed by atoms with Crippen LogP contribution in [0.2, 0.25) is 0 Å². The van der Waals surface area contributed by atoms with E-state index in [9.17, 15) is 4.79 Å². The lowest BCUT2D eigenvalue weighted by Gasteiger charge is -2.20. The molecule has 1 N–H and O–H groups in total. The molecule has 2 aliphatic heterocycles. The Morgan fingerprint density at radius 1 is 1.15 bits per heavy atom. The van der Waals surface area contributed by atoms with Crippen molar-refractivity contribution in [1.29, 1.82) is 0 Å². The molecule has 0 spiro atoms. The average Bonchev–Trinajstić information content (AvgIpc) is 3.39. The predicted octanol–water partition coefficient (Wildman–Crippen LogP) is 2.04. The summed E-state index contributed by atoms with van der Waals surface area (Å²) in [6.07, 6.45) is 4.24. The van der Waals surface area contributed by atoms with Crippen molar-refractivity contribution in [1.82, 2.24) is 20.2 Å². The number of nitrogens with zero attached hydrogens (tertiary/aromatic N) is 4. The quantitative estimate of drug-likeness (QED) is 0.879. The third-order valence-electron chi connectivity index (χ3n) is 5.66. The lowest BCUT2D eigenvalue weighted by molar-refractivity contribution is -0.124. The third kappa shape index (κ3) is 3.95. The van der Waals surface area contributed by atoms with Gasteiger partial charge in [-0.1, -0.05) is 30.3 Å². The van der Waals surface area contributed by atoms with Crippen LogP contribution < -0.4 is 10.2 Å². The molecule has 4 rings (SSSR count). The molecule has 0 bridgehead atoms. The summed E-state index contributed by atoms with van der Waals surface area (Å²) >= 11 is 0. The number of carbonyl (C=O) groups is 1. The van der Waals surface area contributed by atoms with Gasteiger partial charge >= 0.3 is 0 Å². The lowest BCUT2D eigenvalue weighted by Crippen LogP contribution is -2.32. The molecule has 2 saturated heterocycles. The highest BCUT2D eigenvalue weighted by Crippen LogP contribution is 2.33. The van der Waals surface area contributed by atoms with Crippen LogP contribution in [0, 0.1) is 5.92 Å². The maximum absolute atomic E-state index is 12.5. The van der Waals surface area contributed by atoms with E-state index in [1.54, 1.807) is 7.05 Å². The number of hydrogen-bond acceptors (Lipinski definition) is 5. The molecule has 0 aliphatic carbocycles. The van der Waals surface area contributed by atoms with Crippen LogP contribution in [0.3, 0.4) is 0 Å². The first-order chi connectivity index (χ1) is 13.2. The Morgan fingerprint density at radius 3 is 2.67 bits per heavy atom. The Morgan fingerprint density at radius 2 is 1.93 bits per heavy atom. The molecule has 3 heterocycles. The molecule has 2 aliphatic rings. The van der Waals surface area contributed by atoms with Crippen molar-refractivity contribution in [3.63, 3.8) is 0 Å². The van der Waals surface area contributed by atoms with E-state index < -0.39 is 0 Å². The fourth-order valence-electron chi connectivity index (χ4n) is 4.24. The molecule has 6 nitrogen and oxygen atoms in total. The maximum atomic E-state index is 12.5. The number of aromatic nitrogens is 2. The van der Waals surface area contributed by atoms with E-state index >= 15 is 0 Å². The molecule has 0 radical (unpaired) electrons. The van der Waals surface area contributed by atoms with E-state index in [0.717, 1.165) is 44.4 Å². The summed E-state index contributed by atoms with van der Waals surface area (Å²) in [4.78, 5) is 26.5. The molecule has 0 unspecified atom stereocenters. The Balaban J connectivity index is 1.55. The highest BCUT2D eigenvalue weighted by molar-refractivity contribution is 5.80. The van der Waals surface area contributed by atoms with E-state index in [0.29, 0.717) is 0 Å². The first kappa shape index (κ1) is 17.9.